The molecular formula is C10H5Cl2N3O5. The van der Waals surface area contributed by atoms with Crippen LogP contribution in [0.3, 0.4) is 0 Å². The first kappa shape index (κ1) is 14.1. The van der Waals surface area contributed by atoms with E-state index < -0.39 is 22.3 Å². The summed E-state index contributed by atoms with van der Waals surface area (Å²) in [5.41, 5.74) is -0.879. The van der Waals surface area contributed by atoms with Crippen LogP contribution in [0.2, 0.25) is 10.0 Å². The second-order valence-electron chi connectivity index (χ2n) is 3.63. The molecule has 2 aromatic rings. The van der Waals surface area contributed by atoms with Gasteiger partial charge in [0.2, 0.25) is 5.69 Å². The van der Waals surface area contributed by atoms with Crippen LogP contribution in [-0.4, -0.2) is 30.9 Å². The summed E-state index contributed by atoms with van der Waals surface area (Å²) in [6.07, 6.45) is 0.988. The smallest absolute Gasteiger partial charge is 0.360 e. The van der Waals surface area contributed by atoms with E-state index in [1.165, 1.54) is 0 Å². The van der Waals surface area contributed by atoms with Crippen molar-refractivity contribution in [3.8, 4) is 11.4 Å². The Labute approximate surface area is 120 Å². The molecule has 0 bridgehead atoms. The molecule has 2 N–H and O–H groups in total. The van der Waals surface area contributed by atoms with E-state index in [1.54, 1.807) is 0 Å². The fourth-order valence-electron chi connectivity index (χ4n) is 1.51. The van der Waals surface area contributed by atoms with Gasteiger partial charge in [-0.05, 0) is 0 Å². The van der Waals surface area contributed by atoms with Gasteiger partial charge < -0.3 is 10.2 Å². The van der Waals surface area contributed by atoms with Gasteiger partial charge in [0.15, 0.2) is 5.75 Å². The number of hydrogen-bond acceptors (Lipinski definition) is 5. The van der Waals surface area contributed by atoms with Crippen LogP contribution in [0.4, 0.5) is 5.69 Å². The van der Waals surface area contributed by atoms with Gasteiger partial charge >= 0.3 is 5.97 Å². The predicted octanol–water partition coefficient (Wildman–Crippen LogP) is 2.49. The lowest BCUT2D eigenvalue weighted by atomic mass is 10.3. The molecule has 0 aliphatic heterocycles. The van der Waals surface area contributed by atoms with Gasteiger partial charge in [-0.1, -0.05) is 23.2 Å². The average molecular weight is 318 g/mol. The molecule has 2 rings (SSSR count). The van der Waals surface area contributed by atoms with Crippen LogP contribution in [0.1, 0.15) is 10.5 Å². The third-order valence-electron chi connectivity index (χ3n) is 2.34. The second kappa shape index (κ2) is 4.99. The quantitative estimate of drug-likeness (QED) is 0.663. The number of carboxylic acid groups (broad SMARTS) is 1. The van der Waals surface area contributed by atoms with Crippen LogP contribution in [0.5, 0.6) is 5.75 Å². The highest BCUT2D eigenvalue weighted by Gasteiger charge is 2.21. The van der Waals surface area contributed by atoms with Gasteiger partial charge in [-0.15, -0.1) is 0 Å². The molecule has 10 heteroatoms. The van der Waals surface area contributed by atoms with Crippen molar-refractivity contribution in [2.24, 2.45) is 0 Å². The topological polar surface area (TPSA) is 118 Å². The van der Waals surface area contributed by atoms with Gasteiger partial charge in [-0.2, -0.15) is 5.10 Å². The molecular weight excluding hydrogens is 313 g/mol. The van der Waals surface area contributed by atoms with Crippen molar-refractivity contribution in [2.45, 2.75) is 0 Å². The van der Waals surface area contributed by atoms with Crippen molar-refractivity contribution in [3.05, 3.63) is 44.2 Å². The number of aromatic hydroxyl groups is 1. The number of hydrogen-bond donors (Lipinski definition) is 2. The summed E-state index contributed by atoms with van der Waals surface area (Å²) >= 11 is 11.8. The van der Waals surface area contributed by atoms with Crippen molar-refractivity contribution in [3.63, 3.8) is 0 Å². The van der Waals surface area contributed by atoms with Crippen molar-refractivity contribution in [1.82, 2.24) is 9.78 Å². The average Bonchev–Trinajstić information content (AvgIpc) is 2.70. The summed E-state index contributed by atoms with van der Waals surface area (Å²) < 4.78 is 0.938. The van der Waals surface area contributed by atoms with E-state index in [0.717, 1.165) is 23.0 Å². The molecule has 1 aromatic carbocycles. The Morgan fingerprint density at radius 3 is 2.30 bits per heavy atom. The Kier molecular flexibility index (Phi) is 3.51. The molecule has 0 saturated heterocycles. The third-order valence-corrected chi connectivity index (χ3v) is 2.92. The number of nitrogens with zero attached hydrogens (tertiary/aromatic N) is 3. The van der Waals surface area contributed by atoms with Gasteiger partial charge in [0, 0.05) is 12.1 Å². The Morgan fingerprint density at radius 2 is 1.90 bits per heavy atom. The summed E-state index contributed by atoms with van der Waals surface area (Å²) in [6.45, 7) is 0. The van der Waals surface area contributed by atoms with E-state index >= 15 is 0 Å². The minimum Gasteiger partial charge on any atom is -0.504 e. The van der Waals surface area contributed by atoms with E-state index in [1.807, 2.05) is 0 Å². The summed E-state index contributed by atoms with van der Waals surface area (Å²) in [7, 11) is 0. The number of aromatic nitrogens is 2. The van der Waals surface area contributed by atoms with Gasteiger partial charge in [-0.25, -0.2) is 9.48 Å². The number of benzene rings is 1. The standard InChI is InChI=1S/C10H5Cl2N3O5/c11-5-1-4(15(19)20)2-6(12)9(5)14-3-7(16)8(13-14)10(17)18/h1-3,16H,(H,17,18). The highest BCUT2D eigenvalue weighted by atomic mass is 35.5. The van der Waals surface area contributed by atoms with E-state index in [0.29, 0.717) is 0 Å². The maximum Gasteiger partial charge on any atom is 0.360 e. The summed E-state index contributed by atoms with van der Waals surface area (Å²) in [5, 5.41) is 32.3. The zero-order valence-electron chi connectivity index (χ0n) is 9.45. The van der Waals surface area contributed by atoms with Crippen LogP contribution in [0, 0.1) is 10.1 Å². The van der Waals surface area contributed by atoms with Crippen LogP contribution in [0.25, 0.3) is 5.69 Å². The first-order chi connectivity index (χ1) is 9.31. The zero-order chi connectivity index (χ0) is 15.0. The van der Waals surface area contributed by atoms with E-state index in [4.69, 9.17) is 28.3 Å². The molecule has 1 aromatic heterocycles. The van der Waals surface area contributed by atoms with Gasteiger partial charge in [0.05, 0.1) is 21.2 Å². The van der Waals surface area contributed by atoms with E-state index in [-0.39, 0.29) is 21.4 Å². The number of halogens is 2. The van der Waals surface area contributed by atoms with E-state index in [2.05, 4.69) is 5.10 Å². The molecule has 8 nitrogen and oxygen atoms in total. The SMILES string of the molecule is O=C(O)c1nn(-c2c(Cl)cc([N+](=O)[O-])cc2Cl)cc1O. The summed E-state index contributed by atoms with van der Waals surface area (Å²) in [5.74, 6) is -2.02. The molecule has 0 unspecified atom stereocenters. The predicted molar refractivity (Wildman–Crippen MR) is 68.9 cm³/mol. The molecule has 0 aliphatic carbocycles. The van der Waals surface area contributed by atoms with Gasteiger partial charge in [0.25, 0.3) is 5.69 Å². The number of non-ortho nitro benzene ring substituents is 1. The normalized spacial score (nSPS) is 10.5. The minimum atomic E-state index is -1.43. The molecule has 0 amide bonds. The number of rotatable bonds is 3. The summed E-state index contributed by atoms with van der Waals surface area (Å²) in [6, 6.07) is 2.09. The number of nitro groups is 1. The highest BCUT2D eigenvalue weighted by molar-refractivity contribution is 6.38. The second-order valence-corrected chi connectivity index (χ2v) is 4.44. The van der Waals surface area contributed by atoms with Crippen LogP contribution in [-0.2, 0) is 0 Å². The summed E-state index contributed by atoms with van der Waals surface area (Å²) in [4.78, 5) is 20.8. The molecule has 20 heavy (non-hydrogen) atoms. The fourth-order valence-corrected chi connectivity index (χ4v) is 2.16. The maximum atomic E-state index is 10.8. The highest BCUT2D eigenvalue weighted by Crippen LogP contribution is 2.34. The van der Waals surface area contributed by atoms with E-state index in [9.17, 15) is 20.0 Å². The largest absolute Gasteiger partial charge is 0.504 e. The van der Waals surface area contributed by atoms with Crippen LogP contribution < -0.4 is 0 Å². The Hall–Kier alpha value is -2.32. The molecule has 0 spiro atoms. The van der Waals surface area contributed by atoms with Crippen molar-refractivity contribution < 1.29 is 19.9 Å². The first-order valence-electron chi connectivity index (χ1n) is 4.97. The number of carbonyl (C=O) groups is 1. The van der Waals surface area contributed by atoms with Gasteiger partial charge in [-0.3, -0.25) is 10.1 Å². The Balaban J connectivity index is 2.61. The molecule has 0 fully saturated rings. The van der Waals surface area contributed by atoms with Crippen molar-refractivity contribution >= 4 is 34.9 Å². The zero-order valence-corrected chi connectivity index (χ0v) is 11.0. The number of carboxylic acids is 1. The first-order valence-corrected chi connectivity index (χ1v) is 5.72. The molecule has 0 atom stereocenters. The maximum absolute atomic E-state index is 10.8. The van der Waals surface area contributed by atoms with Crippen molar-refractivity contribution in [1.29, 1.82) is 0 Å². The molecule has 1 heterocycles. The van der Waals surface area contributed by atoms with Crippen LogP contribution in [0.15, 0.2) is 18.3 Å². The number of nitro benzene ring substituents is 1. The lowest BCUT2D eigenvalue weighted by Crippen LogP contribution is -2.02. The Morgan fingerprint density at radius 1 is 1.35 bits per heavy atom. The van der Waals surface area contributed by atoms with Crippen LogP contribution >= 0.6 is 23.2 Å². The van der Waals surface area contributed by atoms with Crippen molar-refractivity contribution in [2.75, 3.05) is 0 Å². The molecule has 0 saturated carbocycles. The lowest BCUT2D eigenvalue weighted by molar-refractivity contribution is -0.384. The third kappa shape index (κ3) is 2.38. The monoisotopic (exact) mass is 317 g/mol. The lowest BCUT2D eigenvalue weighted by Gasteiger charge is -2.06. The molecule has 0 radical (unpaired) electrons. The Bertz CT molecular complexity index is 705. The fraction of sp³-hybridized carbons (Fsp3) is 0. The van der Waals surface area contributed by atoms with Gasteiger partial charge in [0.1, 0.15) is 5.69 Å². The molecule has 104 valence electrons. The molecule has 0 aliphatic rings. The minimum absolute atomic E-state index is 0.0294. The number of aromatic carboxylic acids is 1.